The van der Waals surface area contributed by atoms with Gasteiger partial charge in [-0.1, -0.05) is 37.7 Å². The maximum absolute atomic E-state index is 12.3. The third-order valence-electron chi connectivity index (χ3n) is 1.97. The summed E-state index contributed by atoms with van der Waals surface area (Å²) in [5.41, 5.74) is 0.448. The number of carbonyl (C=O) groups is 1. The van der Waals surface area contributed by atoms with Gasteiger partial charge in [-0.15, -0.1) is 0 Å². The highest BCUT2D eigenvalue weighted by molar-refractivity contribution is 7.99. The van der Waals surface area contributed by atoms with Crippen LogP contribution in [0.3, 0.4) is 0 Å². The molecule has 0 aromatic heterocycles. The van der Waals surface area contributed by atoms with E-state index in [2.05, 4.69) is 5.32 Å². The molecule has 0 aliphatic heterocycles. The van der Waals surface area contributed by atoms with Gasteiger partial charge in [0.2, 0.25) is 5.91 Å². The number of halogens is 2. The number of thioether (sulfide) groups is 1. The average Bonchev–Trinajstić information content (AvgIpc) is 2.18. The average molecular weight is 259 g/mol. The van der Waals surface area contributed by atoms with Crippen LogP contribution in [0, 0.1) is 5.92 Å². The zero-order chi connectivity index (χ0) is 12.8. The summed E-state index contributed by atoms with van der Waals surface area (Å²) in [5.74, 6) is -2.40. The number of para-hydroxylation sites is 1. The lowest BCUT2D eigenvalue weighted by atomic mass is 10.1. The topological polar surface area (TPSA) is 29.1 Å². The van der Waals surface area contributed by atoms with E-state index in [4.69, 9.17) is 0 Å². The first-order valence-electron chi connectivity index (χ1n) is 5.32. The van der Waals surface area contributed by atoms with Crippen molar-refractivity contribution in [3.05, 3.63) is 24.3 Å². The highest BCUT2D eigenvalue weighted by Crippen LogP contribution is 2.31. The van der Waals surface area contributed by atoms with Crippen molar-refractivity contribution in [2.24, 2.45) is 5.92 Å². The van der Waals surface area contributed by atoms with Crippen molar-refractivity contribution in [1.29, 1.82) is 0 Å². The Kier molecular flexibility index (Phi) is 5.41. The molecule has 1 N–H and O–H groups in total. The molecule has 0 aliphatic rings. The van der Waals surface area contributed by atoms with E-state index >= 15 is 0 Å². The molecule has 2 nitrogen and oxygen atoms in total. The molecular weight excluding hydrogens is 244 g/mol. The quantitative estimate of drug-likeness (QED) is 0.810. The molecule has 0 saturated carbocycles. The summed E-state index contributed by atoms with van der Waals surface area (Å²) in [6.45, 7) is 3.86. The van der Waals surface area contributed by atoms with Crippen molar-refractivity contribution in [3.8, 4) is 0 Å². The minimum absolute atomic E-state index is 0.151. The SMILES string of the molecule is CC(C)CC(=O)Nc1ccccc1SC(F)F. The molecule has 1 aromatic carbocycles. The Bertz CT molecular complexity index is 383. The molecule has 17 heavy (non-hydrogen) atoms. The summed E-state index contributed by atoms with van der Waals surface area (Å²) < 4.78 is 24.6. The first-order valence-corrected chi connectivity index (χ1v) is 6.20. The largest absolute Gasteiger partial charge is 0.325 e. The van der Waals surface area contributed by atoms with Crippen LogP contribution in [0.15, 0.2) is 29.2 Å². The van der Waals surface area contributed by atoms with Crippen LogP contribution in [0.1, 0.15) is 20.3 Å². The number of hydrogen-bond donors (Lipinski definition) is 1. The van der Waals surface area contributed by atoms with Crippen LogP contribution < -0.4 is 5.32 Å². The molecule has 0 atom stereocenters. The van der Waals surface area contributed by atoms with Gasteiger partial charge in [0.05, 0.1) is 5.69 Å². The van der Waals surface area contributed by atoms with Crippen LogP contribution in [0.5, 0.6) is 0 Å². The van der Waals surface area contributed by atoms with E-state index in [0.29, 0.717) is 28.8 Å². The van der Waals surface area contributed by atoms with Crippen molar-refractivity contribution in [3.63, 3.8) is 0 Å². The van der Waals surface area contributed by atoms with Gasteiger partial charge in [0.15, 0.2) is 0 Å². The van der Waals surface area contributed by atoms with E-state index in [9.17, 15) is 13.6 Å². The van der Waals surface area contributed by atoms with Gasteiger partial charge in [-0.2, -0.15) is 8.78 Å². The van der Waals surface area contributed by atoms with Crippen LogP contribution in [-0.2, 0) is 4.79 Å². The van der Waals surface area contributed by atoms with Gasteiger partial charge in [-0.3, -0.25) is 4.79 Å². The highest BCUT2D eigenvalue weighted by Gasteiger charge is 2.12. The maximum atomic E-state index is 12.3. The zero-order valence-electron chi connectivity index (χ0n) is 9.74. The molecule has 0 unspecified atom stereocenters. The molecule has 0 radical (unpaired) electrons. The number of carbonyl (C=O) groups excluding carboxylic acids is 1. The summed E-state index contributed by atoms with van der Waals surface area (Å²) in [6, 6.07) is 6.58. The van der Waals surface area contributed by atoms with Gasteiger partial charge in [-0.25, -0.2) is 0 Å². The molecule has 0 saturated heterocycles. The fourth-order valence-corrected chi connectivity index (χ4v) is 1.94. The number of nitrogens with one attached hydrogen (secondary N) is 1. The minimum Gasteiger partial charge on any atom is -0.325 e. The van der Waals surface area contributed by atoms with Crippen LogP contribution in [0.4, 0.5) is 14.5 Å². The Morgan fingerprint density at radius 3 is 2.59 bits per heavy atom. The van der Waals surface area contributed by atoms with Crippen molar-refractivity contribution < 1.29 is 13.6 Å². The van der Waals surface area contributed by atoms with Crippen molar-refractivity contribution in [2.45, 2.75) is 30.9 Å². The second kappa shape index (κ2) is 6.59. The Hall–Kier alpha value is -1.10. The van der Waals surface area contributed by atoms with Gasteiger partial charge >= 0.3 is 0 Å². The van der Waals surface area contributed by atoms with E-state index in [1.54, 1.807) is 24.3 Å². The molecule has 0 spiro atoms. The third-order valence-corrected chi connectivity index (χ3v) is 2.76. The number of benzene rings is 1. The Morgan fingerprint density at radius 1 is 1.35 bits per heavy atom. The lowest BCUT2D eigenvalue weighted by molar-refractivity contribution is -0.116. The molecule has 0 bridgehead atoms. The van der Waals surface area contributed by atoms with Crippen LogP contribution in [-0.4, -0.2) is 11.7 Å². The van der Waals surface area contributed by atoms with E-state index < -0.39 is 5.76 Å². The van der Waals surface area contributed by atoms with Gasteiger partial charge in [0.25, 0.3) is 5.76 Å². The number of rotatable bonds is 5. The molecule has 0 heterocycles. The van der Waals surface area contributed by atoms with Crippen molar-refractivity contribution in [2.75, 3.05) is 5.32 Å². The standard InChI is InChI=1S/C12H15F2NOS/c1-8(2)7-11(16)15-9-5-3-4-6-10(9)17-12(13)14/h3-6,8,12H,7H2,1-2H3,(H,15,16). The molecule has 5 heteroatoms. The highest BCUT2D eigenvalue weighted by atomic mass is 32.2. The summed E-state index contributed by atoms with van der Waals surface area (Å²) in [5, 5.41) is 2.65. The first-order chi connectivity index (χ1) is 7.99. The van der Waals surface area contributed by atoms with E-state index in [1.165, 1.54) is 0 Å². The summed E-state index contributed by atoms with van der Waals surface area (Å²) in [6.07, 6.45) is 0.383. The summed E-state index contributed by atoms with van der Waals surface area (Å²) in [4.78, 5) is 11.9. The molecule has 0 aliphatic carbocycles. The van der Waals surface area contributed by atoms with Crippen LogP contribution in [0.25, 0.3) is 0 Å². The van der Waals surface area contributed by atoms with Gasteiger partial charge < -0.3 is 5.32 Å². The lowest BCUT2D eigenvalue weighted by Gasteiger charge is -2.11. The Morgan fingerprint density at radius 2 is 2.00 bits per heavy atom. The Balaban J connectivity index is 2.72. The number of anilines is 1. The number of hydrogen-bond acceptors (Lipinski definition) is 2. The first kappa shape index (κ1) is 14.0. The van der Waals surface area contributed by atoms with Gasteiger partial charge in [0.1, 0.15) is 0 Å². The molecule has 1 aromatic rings. The van der Waals surface area contributed by atoms with E-state index in [1.807, 2.05) is 13.8 Å². The third kappa shape index (κ3) is 5.17. The Labute approximate surface area is 104 Å². The smallest absolute Gasteiger partial charge is 0.288 e. The lowest BCUT2D eigenvalue weighted by Crippen LogP contribution is -2.14. The molecule has 94 valence electrons. The molecular formula is C12H15F2NOS. The predicted octanol–water partition coefficient (Wildman–Crippen LogP) is 3.99. The van der Waals surface area contributed by atoms with Gasteiger partial charge in [-0.05, 0) is 18.1 Å². The van der Waals surface area contributed by atoms with Crippen molar-refractivity contribution >= 4 is 23.4 Å². The summed E-state index contributed by atoms with van der Waals surface area (Å²) >= 11 is 0.438. The molecule has 1 amide bonds. The van der Waals surface area contributed by atoms with E-state index in [-0.39, 0.29) is 11.8 Å². The second-order valence-electron chi connectivity index (χ2n) is 4.02. The zero-order valence-corrected chi connectivity index (χ0v) is 10.6. The maximum Gasteiger partial charge on any atom is 0.288 e. The molecule has 0 fully saturated rings. The van der Waals surface area contributed by atoms with Crippen LogP contribution in [0.2, 0.25) is 0 Å². The minimum atomic E-state index is -2.49. The van der Waals surface area contributed by atoms with Gasteiger partial charge in [0, 0.05) is 11.3 Å². The van der Waals surface area contributed by atoms with E-state index in [0.717, 1.165) is 0 Å². The molecule has 1 rings (SSSR count). The van der Waals surface area contributed by atoms with Crippen LogP contribution >= 0.6 is 11.8 Å². The van der Waals surface area contributed by atoms with Crippen molar-refractivity contribution in [1.82, 2.24) is 0 Å². The number of alkyl halides is 2. The normalized spacial score (nSPS) is 10.9. The second-order valence-corrected chi connectivity index (χ2v) is 5.05. The number of amides is 1. The summed E-state index contributed by atoms with van der Waals surface area (Å²) in [7, 11) is 0. The monoisotopic (exact) mass is 259 g/mol. The predicted molar refractivity (Wildman–Crippen MR) is 66.4 cm³/mol. The fraction of sp³-hybridized carbons (Fsp3) is 0.417. The fourth-order valence-electron chi connectivity index (χ4n) is 1.34.